The number of Topliss-reactive ketones (excluding diaryl/α,β-unsaturated/α-hetero) is 1. The van der Waals surface area contributed by atoms with E-state index < -0.39 is 23.1 Å². The van der Waals surface area contributed by atoms with Gasteiger partial charge in [0.1, 0.15) is 11.4 Å². The molecule has 1 atom stereocenters. The lowest BCUT2D eigenvalue weighted by molar-refractivity contribution is 0.0860. The number of ketones is 1. The molecule has 0 radical (unpaired) electrons. The first kappa shape index (κ1) is 19.0. The summed E-state index contributed by atoms with van der Waals surface area (Å²) in [5.41, 5.74) is 5.37. The molecule has 7 nitrogen and oxygen atoms in total. The zero-order valence-electron chi connectivity index (χ0n) is 14.6. The quantitative estimate of drug-likeness (QED) is 0.800. The maximum atomic E-state index is 12.8. The number of aromatic nitrogens is 2. The van der Waals surface area contributed by atoms with Gasteiger partial charge in [-0.25, -0.2) is 4.79 Å². The number of rotatable bonds is 5. The number of anilines is 1. The molecule has 0 aliphatic heterocycles. The van der Waals surface area contributed by atoms with Crippen LogP contribution in [0, 0.1) is 0 Å². The van der Waals surface area contributed by atoms with Crippen LogP contribution in [0.3, 0.4) is 0 Å². The van der Waals surface area contributed by atoms with Gasteiger partial charge in [-0.3, -0.25) is 23.6 Å². The summed E-state index contributed by atoms with van der Waals surface area (Å²) in [4.78, 5) is 38.8. The third-order valence-electron chi connectivity index (χ3n) is 4.32. The van der Waals surface area contributed by atoms with E-state index in [4.69, 9.17) is 17.3 Å². The molecule has 2 N–H and O–H groups in total. The van der Waals surface area contributed by atoms with Crippen molar-refractivity contribution in [1.29, 1.82) is 0 Å². The summed E-state index contributed by atoms with van der Waals surface area (Å²) in [6, 6.07) is 6.72. The van der Waals surface area contributed by atoms with E-state index >= 15 is 0 Å². The SMILES string of the molecule is CC(C(=O)c1c(N)n(C)c(=O)n(C)c1=O)N(C)Cc1cccc(Cl)c1. The number of nitrogens with zero attached hydrogens (tertiary/aromatic N) is 3. The summed E-state index contributed by atoms with van der Waals surface area (Å²) in [6.07, 6.45) is 0. The number of benzene rings is 1. The van der Waals surface area contributed by atoms with Crippen molar-refractivity contribution in [2.45, 2.75) is 19.5 Å². The molecule has 0 saturated heterocycles. The minimum absolute atomic E-state index is 0.124. The topological polar surface area (TPSA) is 90.3 Å². The van der Waals surface area contributed by atoms with Crippen molar-refractivity contribution in [3.05, 3.63) is 61.3 Å². The second-order valence-electron chi connectivity index (χ2n) is 6.05. The molecule has 2 aromatic rings. The van der Waals surface area contributed by atoms with Crippen molar-refractivity contribution in [2.75, 3.05) is 12.8 Å². The van der Waals surface area contributed by atoms with Gasteiger partial charge in [0.2, 0.25) is 0 Å². The second kappa shape index (κ2) is 7.25. The molecule has 1 aromatic heterocycles. The molecule has 1 unspecified atom stereocenters. The minimum atomic E-state index is -0.686. The molecule has 1 aromatic carbocycles. The number of likely N-dealkylation sites (N-methyl/N-ethyl adjacent to an activating group) is 1. The van der Waals surface area contributed by atoms with Crippen LogP contribution >= 0.6 is 11.6 Å². The van der Waals surface area contributed by atoms with Gasteiger partial charge >= 0.3 is 5.69 Å². The zero-order valence-corrected chi connectivity index (χ0v) is 15.4. The first-order valence-electron chi connectivity index (χ1n) is 7.69. The van der Waals surface area contributed by atoms with Gasteiger partial charge < -0.3 is 5.73 Å². The van der Waals surface area contributed by atoms with E-state index in [1.807, 2.05) is 18.2 Å². The Morgan fingerprint density at radius 1 is 1.28 bits per heavy atom. The first-order valence-corrected chi connectivity index (χ1v) is 8.07. The molecule has 0 fully saturated rings. The van der Waals surface area contributed by atoms with Crippen LogP contribution in [-0.4, -0.2) is 32.9 Å². The van der Waals surface area contributed by atoms with Gasteiger partial charge in [-0.1, -0.05) is 23.7 Å². The number of halogens is 1. The average Bonchev–Trinajstić information content (AvgIpc) is 2.57. The summed E-state index contributed by atoms with van der Waals surface area (Å²) in [5, 5.41) is 0.612. The molecular weight excluding hydrogens is 344 g/mol. The lowest BCUT2D eigenvalue weighted by Gasteiger charge is -2.24. The highest BCUT2D eigenvalue weighted by Crippen LogP contribution is 2.15. The maximum Gasteiger partial charge on any atom is 0.332 e. The highest BCUT2D eigenvalue weighted by atomic mass is 35.5. The Balaban J connectivity index is 2.34. The van der Waals surface area contributed by atoms with Gasteiger partial charge in [-0.2, -0.15) is 0 Å². The second-order valence-corrected chi connectivity index (χ2v) is 6.49. The van der Waals surface area contributed by atoms with Gasteiger partial charge in [-0.15, -0.1) is 0 Å². The van der Waals surface area contributed by atoms with Crippen LogP contribution < -0.4 is 17.0 Å². The van der Waals surface area contributed by atoms with Crippen LogP contribution in [0.25, 0.3) is 0 Å². The number of carbonyl (C=O) groups is 1. The molecule has 0 aliphatic carbocycles. The Morgan fingerprint density at radius 2 is 1.92 bits per heavy atom. The highest BCUT2D eigenvalue weighted by Gasteiger charge is 2.27. The first-order chi connectivity index (χ1) is 11.6. The minimum Gasteiger partial charge on any atom is -0.384 e. The fraction of sp³-hybridized carbons (Fsp3) is 0.353. The van der Waals surface area contributed by atoms with E-state index in [-0.39, 0.29) is 11.4 Å². The monoisotopic (exact) mass is 364 g/mol. The predicted octanol–water partition coefficient (Wildman–Crippen LogP) is 1.02. The van der Waals surface area contributed by atoms with E-state index in [2.05, 4.69) is 0 Å². The number of nitrogens with two attached hydrogens (primary N) is 1. The van der Waals surface area contributed by atoms with E-state index in [1.54, 1.807) is 24.9 Å². The smallest absolute Gasteiger partial charge is 0.332 e. The van der Waals surface area contributed by atoms with Gasteiger partial charge in [0, 0.05) is 25.7 Å². The van der Waals surface area contributed by atoms with Gasteiger partial charge in [0.05, 0.1) is 6.04 Å². The standard InChI is InChI=1S/C17H21ClN4O3/c1-10(20(2)9-11-6-5-7-12(18)8-11)14(23)13-15(19)21(3)17(25)22(4)16(13)24/h5-8,10H,9,19H2,1-4H3. The molecule has 0 aliphatic rings. The number of carbonyl (C=O) groups excluding carboxylic acids is 1. The lowest BCUT2D eigenvalue weighted by Crippen LogP contribution is -2.45. The van der Waals surface area contributed by atoms with E-state index in [1.165, 1.54) is 14.1 Å². The normalized spacial score (nSPS) is 12.4. The lowest BCUT2D eigenvalue weighted by atomic mass is 10.1. The van der Waals surface area contributed by atoms with Crippen molar-refractivity contribution in [2.24, 2.45) is 14.1 Å². The van der Waals surface area contributed by atoms with E-state index in [9.17, 15) is 14.4 Å². The largest absolute Gasteiger partial charge is 0.384 e. The van der Waals surface area contributed by atoms with Crippen molar-refractivity contribution in [3.8, 4) is 0 Å². The van der Waals surface area contributed by atoms with E-state index in [0.717, 1.165) is 14.7 Å². The number of nitrogen functional groups attached to an aromatic ring is 1. The third-order valence-corrected chi connectivity index (χ3v) is 4.55. The van der Waals surface area contributed by atoms with Crippen molar-refractivity contribution in [3.63, 3.8) is 0 Å². The molecule has 1 heterocycles. The van der Waals surface area contributed by atoms with Crippen molar-refractivity contribution in [1.82, 2.24) is 14.0 Å². The molecule has 134 valence electrons. The Labute approximate surface area is 150 Å². The fourth-order valence-electron chi connectivity index (χ4n) is 2.56. The Bertz CT molecular complexity index is 932. The van der Waals surface area contributed by atoms with Crippen LogP contribution in [0.4, 0.5) is 5.82 Å². The Hall–Kier alpha value is -2.38. The summed E-state index contributed by atoms with van der Waals surface area (Å²) >= 11 is 5.98. The van der Waals surface area contributed by atoms with Gasteiger partial charge in [-0.05, 0) is 31.7 Å². The number of hydrogen-bond acceptors (Lipinski definition) is 5. The van der Waals surface area contributed by atoms with Crippen LogP contribution in [0.2, 0.25) is 5.02 Å². The molecule has 25 heavy (non-hydrogen) atoms. The molecule has 0 bridgehead atoms. The van der Waals surface area contributed by atoms with Crippen LogP contribution in [0.5, 0.6) is 0 Å². The van der Waals surface area contributed by atoms with Crippen molar-refractivity contribution < 1.29 is 4.79 Å². The number of hydrogen-bond donors (Lipinski definition) is 1. The molecular formula is C17H21ClN4O3. The summed E-state index contributed by atoms with van der Waals surface area (Å²) < 4.78 is 1.98. The van der Waals surface area contributed by atoms with Gasteiger partial charge in [0.15, 0.2) is 5.78 Å². The Kier molecular flexibility index (Phi) is 5.49. The van der Waals surface area contributed by atoms with Crippen LogP contribution in [0.15, 0.2) is 33.9 Å². The molecule has 0 spiro atoms. The summed E-state index contributed by atoms with van der Waals surface area (Å²) in [7, 11) is 4.52. The molecule has 8 heteroatoms. The average molecular weight is 365 g/mol. The van der Waals surface area contributed by atoms with Crippen LogP contribution in [-0.2, 0) is 20.6 Å². The van der Waals surface area contributed by atoms with Crippen LogP contribution in [0.1, 0.15) is 22.8 Å². The van der Waals surface area contributed by atoms with Gasteiger partial charge in [0.25, 0.3) is 5.56 Å². The molecule has 0 amide bonds. The molecule has 0 saturated carbocycles. The zero-order chi connectivity index (χ0) is 18.9. The summed E-state index contributed by atoms with van der Waals surface area (Å²) in [5.74, 6) is -0.556. The van der Waals surface area contributed by atoms with E-state index in [0.29, 0.717) is 11.6 Å². The highest BCUT2D eigenvalue weighted by molar-refractivity contribution is 6.30. The fourth-order valence-corrected chi connectivity index (χ4v) is 2.77. The Morgan fingerprint density at radius 3 is 2.52 bits per heavy atom. The molecule has 2 rings (SSSR count). The maximum absolute atomic E-state index is 12.8. The van der Waals surface area contributed by atoms with Crippen molar-refractivity contribution >= 4 is 23.2 Å². The third kappa shape index (κ3) is 3.67. The predicted molar refractivity (Wildman–Crippen MR) is 98.0 cm³/mol. The summed E-state index contributed by atoms with van der Waals surface area (Å²) in [6.45, 7) is 2.16.